The van der Waals surface area contributed by atoms with Crippen LogP contribution in [0.1, 0.15) is 30.9 Å². The first-order valence-corrected chi connectivity index (χ1v) is 10.3. The number of hydrogen-bond donors (Lipinski definition) is 1. The third-order valence-corrected chi connectivity index (χ3v) is 5.19. The molecule has 1 atom stereocenters. The lowest BCUT2D eigenvalue weighted by Gasteiger charge is -2.30. The molecule has 2 amide bonds. The summed E-state index contributed by atoms with van der Waals surface area (Å²) in [5, 5.41) is 2.69. The minimum absolute atomic E-state index is 0.0313. The SMILES string of the molecule is CCC(C(=O)NC)N(CCc1ccccc1)C(=O)CCc1ccc(OC)c(OC)c1. The summed E-state index contributed by atoms with van der Waals surface area (Å²) >= 11 is 0. The summed E-state index contributed by atoms with van der Waals surface area (Å²) in [4.78, 5) is 27.2. The number of nitrogens with zero attached hydrogens (tertiary/aromatic N) is 1. The van der Waals surface area contributed by atoms with Crippen molar-refractivity contribution in [3.63, 3.8) is 0 Å². The van der Waals surface area contributed by atoms with Crippen LogP contribution in [0.3, 0.4) is 0 Å². The number of likely N-dealkylation sites (N-methyl/N-ethyl adjacent to an activating group) is 1. The Kier molecular flexibility index (Phi) is 9.19. The maximum absolute atomic E-state index is 13.1. The second-order valence-corrected chi connectivity index (χ2v) is 7.05. The van der Waals surface area contributed by atoms with Crippen molar-refractivity contribution in [2.45, 2.75) is 38.6 Å². The molecule has 0 aromatic heterocycles. The highest BCUT2D eigenvalue weighted by atomic mass is 16.5. The summed E-state index contributed by atoms with van der Waals surface area (Å²) in [6.07, 6.45) is 2.15. The zero-order valence-electron chi connectivity index (χ0n) is 18.3. The van der Waals surface area contributed by atoms with E-state index in [1.807, 2.05) is 55.5 Å². The first-order valence-electron chi connectivity index (χ1n) is 10.3. The van der Waals surface area contributed by atoms with Gasteiger partial charge in [0, 0.05) is 20.0 Å². The van der Waals surface area contributed by atoms with Crippen LogP contribution in [-0.4, -0.2) is 50.6 Å². The van der Waals surface area contributed by atoms with Crippen molar-refractivity contribution < 1.29 is 19.1 Å². The Bertz CT molecular complexity index is 823. The summed E-state index contributed by atoms with van der Waals surface area (Å²) in [5.41, 5.74) is 2.12. The molecule has 0 spiro atoms. The van der Waals surface area contributed by atoms with E-state index in [-0.39, 0.29) is 11.8 Å². The predicted octanol–water partition coefficient (Wildman–Crippen LogP) is 3.23. The molecule has 2 rings (SSSR count). The zero-order chi connectivity index (χ0) is 21.9. The fourth-order valence-corrected chi connectivity index (χ4v) is 3.49. The summed E-state index contributed by atoms with van der Waals surface area (Å²) in [7, 11) is 4.79. The van der Waals surface area contributed by atoms with E-state index in [4.69, 9.17) is 9.47 Å². The fourth-order valence-electron chi connectivity index (χ4n) is 3.49. The van der Waals surface area contributed by atoms with E-state index in [2.05, 4.69) is 5.32 Å². The third kappa shape index (κ3) is 6.24. The molecule has 0 aliphatic heterocycles. The molecule has 0 heterocycles. The van der Waals surface area contributed by atoms with Gasteiger partial charge in [0.05, 0.1) is 14.2 Å². The average Bonchev–Trinajstić information content (AvgIpc) is 2.80. The van der Waals surface area contributed by atoms with Gasteiger partial charge in [-0.25, -0.2) is 0 Å². The van der Waals surface area contributed by atoms with E-state index in [0.29, 0.717) is 43.7 Å². The van der Waals surface area contributed by atoms with Crippen molar-refractivity contribution >= 4 is 11.8 Å². The van der Waals surface area contributed by atoms with Gasteiger partial charge in [0.15, 0.2) is 11.5 Å². The van der Waals surface area contributed by atoms with Gasteiger partial charge in [-0.1, -0.05) is 43.3 Å². The van der Waals surface area contributed by atoms with Crippen LogP contribution in [0.25, 0.3) is 0 Å². The zero-order valence-corrected chi connectivity index (χ0v) is 18.3. The van der Waals surface area contributed by atoms with Crippen LogP contribution in [0.5, 0.6) is 11.5 Å². The van der Waals surface area contributed by atoms with Crippen LogP contribution in [0.15, 0.2) is 48.5 Å². The van der Waals surface area contributed by atoms with E-state index in [1.54, 1.807) is 26.2 Å². The molecule has 6 heteroatoms. The first-order chi connectivity index (χ1) is 14.5. The van der Waals surface area contributed by atoms with Gasteiger partial charge in [0.25, 0.3) is 0 Å². The molecule has 30 heavy (non-hydrogen) atoms. The van der Waals surface area contributed by atoms with Crippen LogP contribution in [-0.2, 0) is 22.4 Å². The lowest BCUT2D eigenvalue weighted by Crippen LogP contribution is -2.49. The van der Waals surface area contributed by atoms with Crippen LogP contribution in [0.4, 0.5) is 0 Å². The Labute approximate surface area is 179 Å². The predicted molar refractivity (Wildman–Crippen MR) is 118 cm³/mol. The van der Waals surface area contributed by atoms with Crippen molar-refractivity contribution in [1.82, 2.24) is 10.2 Å². The van der Waals surface area contributed by atoms with Crippen LogP contribution in [0.2, 0.25) is 0 Å². The molecule has 2 aromatic rings. The van der Waals surface area contributed by atoms with Gasteiger partial charge >= 0.3 is 0 Å². The average molecular weight is 413 g/mol. The second kappa shape index (κ2) is 11.9. The van der Waals surface area contributed by atoms with Gasteiger partial charge in [-0.15, -0.1) is 0 Å². The Morgan fingerprint density at radius 2 is 1.67 bits per heavy atom. The van der Waals surface area contributed by atoms with Crippen molar-refractivity contribution in [1.29, 1.82) is 0 Å². The topological polar surface area (TPSA) is 67.9 Å². The third-order valence-electron chi connectivity index (χ3n) is 5.19. The molecule has 0 aliphatic carbocycles. The largest absolute Gasteiger partial charge is 0.493 e. The number of benzene rings is 2. The number of aryl methyl sites for hydroxylation is 1. The normalized spacial score (nSPS) is 11.5. The molecule has 1 unspecified atom stereocenters. The highest BCUT2D eigenvalue weighted by Crippen LogP contribution is 2.28. The fraction of sp³-hybridized carbons (Fsp3) is 0.417. The van der Waals surface area contributed by atoms with Crippen molar-refractivity contribution in [2.24, 2.45) is 0 Å². The maximum Gasteiger partial charge on any atom is 0.242 e. The second-order valence-electron chi connectivity index (χ2n) is 7.05. The number of amides is 2. The Morgan fingerprint density at radius 3 is 2.27 bits per heavy atom. The van der Waals surface area contributed by atoms with Gasteiger partial charge < -0.3 is 19.7 Å². The number of ether oxygens (including phenoxy) is 2. The molecule has 0 radical (unpaired) electrons. The highest BCUT2D eigenvalue weighted by molar-refractivity contribution is 5.87. The lowest BCUT2D eigenvalue weighted by atomic mass is 10.1. The van der Waals surface area contributed by atoms with Crippen LogP contribution >= 0.6 is 0 Å². The minimum atomic E-state index is -0.475. The van der Waals surface area contributed by atoms with Gasteiger partial charge in [-0.05, 0) is 42.5 Å². The Hall–Kier alpha value is -3.02. The summed E-state index contributed by atoms with van der Waals surface area (Å²) in [6.45, 7) is 2.43. The van der Waals surface area contributed by atoms with E-state index in [1.165, 1.54) is 0 Å². The number of carbonyl (C=O) groups is 2. The summed E-state index contributed by atoms with van der Waals surface area (Å²) in [5.74, 6) is 1.13. The standard InChI is InChI=1S/C24H32N2O4/c1-5-20(24(28)25-2)26(16-15-18-9-7-6-8-10-18)23(27)14-12-19-11-13-21(29-3)22(17-19)30-4/h6-11,13,17,20H,5,12,14-16H2,1-4H3,(H,25,28). The number of methoxy groups -OCH3 is 2. The highest BCUT2D eigenvalue weighted by Gasteiger charge is 2.27. The van der Waals surface area contributed by atoms with Crippen LogP contribution < -0.4 is 14.8 Å². The number of rotatable bonds is 11. The molecular weight excluding hydrogens is 380 g/mol. The molecule has 0 saturated heterocycles. The van der Waals surface area contributed by atoms with Crippen molar-refractivity contribution in [3.05, 3.63) is 59.7 Å². The summed E-state index contributed by atoms with van der Waals surface area (Å²) in [6, 6.07) is 15.2. The maximum atomic E-state index is 13.1. The number of carbonyl (C=O) groups excluding carboxylic acids is 2. The van der Waals surface area contributed by atoms with Crippen molar-refractivity contribution in [3.8, 4) is 11.5 Å². The van der Waals surface area contributed by atoms with Crippen LogP contribution in [0, 0.1) is 0 Å². The van der Waals surface area contributed by atoms with E-state index < -0.39 is 6.04 Å². The quantitative estimate of drug-likeness (QED) is 0.615. The molecular formula is C24H32N2O4. The molecule has 2 aromatic carbocycles. The summed E-state index contributed by atoms with van der Waals surface area (Å²) < 4.78 is 10.6. The Morgan fingerprint density at radius 1 is 0.967 bits per heavy atom. The molecule has 0 saturated carbocycles. The minimum Gasteiger partial charge on any atom is -0.493 e. The molecule has 1 N–H and O–H groups in total. The molecule has 0 aliphatic rings. The monoisotopic (exact) mass is 412 g/mol. The smallest absolute Gasteiger partial charge is 0.242 e. The lowest BCUT2D eigenvalue weighted by molar-refractivity contribution is -0.140. The molecule has 162 valence electrons. The van der Waals surface area contributed by atoms with Gasteiger partial charge in [0.2, 0.25) is 11.8 Å². The molecule has 0 fully saturated rings. The van der Waals surface area contributed by atoms with Crippen molar-refractivity contribution in [2.75, 3.05) is 27.8 Å². The molecule has 0 bridgehead atoms. The van der Waals surface area contributed by atoms with E-state index in [0.717, 1.165) is 11.1 Å². The van der Waals surface area contributed by atoms with Gasteiger partial charge in [-0.2, -0.15) is 0 Å². The van der Waals surface area contributed by atoms with E-state index >= 15 is 0 Å². The number of nitrogens with one attached hydrogen (secondary N) is 1. The number of hydrogen-bond acceptors (Lipinski definition) is 4. The Balaban J connectivity index is 2.11. The first kappa shape index (κ1) is 23.3. The van der Waals surface area contributed by atoms with Gasteiger partial charge in [0.1, 0.15) is 6.04 Å². The van der Waals surface area contributed by atoms with Gasteiger partial charge in [-0.3, -0.25) is 9.59 Å². The van der Waals surface area contributed by atoms with E-state index in [9.17, 15) is 9.59 Å². The molecule has 6 nitrogen and oxygen atoms in total.